The van der Waals surface area contributed by atoms with Crippen molar-refractivity contribution in [2.24, 2.45) is 11.7 Å². The fourth-order valence-corrected chi connectivity index (χ4v) is 6.58. The average Bonchev–Trinajstić information content (AvgIpc) is 3.16. The van der Waals surface area contributed by atoms with Crippen molar-refractivity contribution in [3.05, 3.63) is 40.0 Å². The number of ether oxygens (including phenoxy) is 1. The van der Waals surface area contributed by atoms with Gasteiger partial charge in [0.25, 0.3) is 5.91 Å². The van der Waals surface area contributed by atoms with Crippen molar-refractivity contribution >= 4 is 41.7 Å². The maximum atomic E-state index is 12.1. The van der Waals surface area contributed by atoms with E-state index in [1.54, 1.807) is 10.9 Å². The first-order valence-corrected chi connectivity index (χ1v) is 15.5. The first-order chi connectivity index (χ1) is 16.2. The molecule has 190 valence electrons. The van der Waals surface area contributed by atoms with E-state index in [4.69, 9.17) is 14.9 Å². The lowest BCUT2D eigenvalue weighted by molar-refractivity contribution is 0.0342. The minimum Gasteiger partial charge on any atom is -0.408 e. The Morgan fingerprint density at radius 3 is 2.60 bits per heavy atom. The Bertz CT molecular complexity index is 1130. The van der Waals surface area contributed by atoms with Crippen molar-refractivity contribution in [3.63, 3.8) is 0 Å². The number of hydrogen-bond acceptors (Lipinski definition) is 6. The molecule has 3 rings (SSSR count). The van der Waals surface area contributed by atoms with Crippen LogP contribution in [0.2, 0.25) is 18.1 Å². The Kier molecular flexibility index (Phi) is 7.87. The Morgan fingerprint density at radius 1 is 1.34 bits per heavy atom. The van der Waals surface area contributed by atoms with Crippen LogP contribution < -0.4 is 11.1 Å². The van der Waals surface area contributed by atoms with Crippen LogP contribution in [0, 0.1) is 17.2 Å². The van der Waals surface area contributed by atoms with Crippen molar-refractivity contribution in [2.75, 3.05) is 18.5 Å². The predicted octanol–water partition coefficient (Wildman–Crippen LogP) is 5.85. The van der Waals surface area contributed by atoms with E-state index in [-0.39, 0.29) is 22.6 Å². The molecule has 0 aliphatic carbocycles. The molecule has 1 aromatic carbocycles. The van der Waals surface area contributed by atoms with Crippen LogP contribution in [-0.2, 0) is 14.8 Å². The summed E-state index contributed by atoms with van der Waals surface area (Å²) in [7, 11) is -2.00. The van der Waals surface area contributed by atoms with Gasteiger partial charge in [0.2, 0.25) is 0 Å². The van der Waals surface area contributed by atoms with E-state index in [1.165, 1.54) is 0 Å². The van der Waals surface area contributed by atoms with Gasteiger partial charge in [-0.3, -0.25) is 9.48 Å². The zero-order valence-electron chi connectivity index (χ0n) is 21.6. The molecule has 10 heteroatoms. The summed E-state index contributed by atoms with van der Waals surface area (Å²) >= 11 is 3.71. The molecule has 0 saturated carbocycles. The first-order valence-electron chi connectivity index (χ1n) is 11.8. The van der Waals surface area contributed by atoms with Gasteiger partial charge in [0.1, 0.15) is 5.56 Å². The van der Waals surface area contributed by atoms with E-state index >= 15 is 0 Å². The summed E-state index contributed by atoms with van der Waals surface area (Å²) in [6.45, 7) is 16.3. The van der Waals surface area contributed by atoms with Crippen molar-refractivity contribution in [1.82, 2.24) is 9.78 Å². The normalized spacial score (nSPS) is 19.3. The van der Waals surface area contributed by atoms with Gasteiger partial charge in [-0.2, -0.15) is 10.4 Å². The van der Waals surface area contributed by atoms with Gasteiger partial charge in [-0.05, 0) is 56.1 Å². The highest BCUT2D eigenvalue weighted by Crippen LogP contribution is 2.43. The largest absolute Gasteiger partial charge is 0.408 e. The van der Waals surface area contributed by atoms with E-state index in [9.17, 15) is 10.1 Å². The third kappa shape index (κ3) is 5.97. The van der Waals surface area contributed by atoms with Crippen LogP contribution >= 0.6 is 15.9 Å². The summed E-state index contributed by atoms with van der Waals surface area (Å²) in [4.78, 5) is 12.1. The molecule has 1 fully saturated rings. The summed E-state index contributed by atoms with van der Waals surface area (Å²) < 4.78 is 14.8. The van der Waals surface area contributed by atoms with Gasteiger partial charge in [0.15, 0.2) is 14.1 Å². The number of nitrogens with two attached hydrogens (primary N) is 1. The SMILES string of the molecule is CC(C)(O[Si](C)(C)C(C)(C)C)c1ccc(Nc2nn([C@@H]3COCC[C@H]3C#N)cc2C(N)=O)cc1Br. The lowest BCUT2D eigenvalue weighted by Crippen LogP contribution is -2.46. The number of carbonyl (C=O) groups is 1. The first kappa shape index (κ1) is 27.4. The number of anilines is 2. The molecular weight excluding hydrogens is 526 g/mol. The number of amides is 1. The highest BCUT2D eigenvalue weighted by atomic mass is 79.9. The van der Waals surface area contributed by atoms with E-state index in [2.05, 4.69) is 80.1 Å². The Hall–Kier alpha value is -2.19. The molecule has 0 bridgehead atoms. The van der Waals surface area contributed by atoms with Crippen LogP contribution in [0.25, 0.3) is 0 Å². The number of carbonyl (C=O) groups excluding carboxylic acids is 1. The van der Waals surface area contributed by atoms with E-state index < -0.39 is 19.8 Å². The number of nitriles is 1. The highest BCUT2D eigenvalue weighted by molar-refractivity contribution is 9.10. The van der Waals surface area contributed by atoms with Gasteiger partial charge in [0.05, 0.1) is 30.2 Å². The maximum absolute atomic E-state index is 12.1. The molecule has 0 spiro atoms. The van der Waals surface area contributed by atoms with E-state index in [0.717, 1.165) is 15.7 Å². The second-order valence-electron chi connectivity index (χ2n) is 11.1. The number of nitrogens with one attached hydrogen (secondary N) is 1. The van der Waals surface area contributed by atoms with Crippen molar-refractivity contribution in [1.29, 1.82) is 5.26 Å². The number of nitrogens with zero attached hydrogens (tertiary/aromatic N) is 3. The van der Waals surface area contributed by atoms with Gasteiger partial charge in [-0.1, -0.05) is 42.8 Å². The van der Waals surface area contributed by atoms with E-state index in [1.807, 2.05) is 18.2 Å². The van der Waals surface area contributed by atoms with Gasteiger partial charge < -0.3 is 20.2 Å². The fraction of sp³-hybridized carbons (Fsp3) is 0.560. The van der Waals surface area contributed by atoms with Crippen LogP contribution in [0.1, 0.15) is 63.0 Å². The second-order valence-corrected chi connectivity index (χ2v) is 16.7. The molecule has 1 aliphatic rings. The van der Waals surface area contributed by atoms with Gasteiger partial charge >= 0.3 is 0 Å². The summed E-state index contributed by atoms with van der Waals surface area (Å²) in [5.41, 5.74) is 7.17. The molecule has 2 atom stereocenters. The summed E-state index contributed by atoms with van der Waals surface area (Å²) in [6, 6.07) is 7.94. The molecule has 3 N–H and O–H groups in total. The molecular formula is C25H36BrN5O3Si. The highest BCUT2D eigenvalue weighted by Gasteiger charge is 2.42. The molecule has 35 heavy (non-hydrogen) atoms. The topological polar surface area (TPSA) is 115 Å². The quantitative estimate of drug-likeness (QED) is 0.410. The van der Waals surface area contributed by atoms with E-state index in [0.29, 0.717) is 25.5 Å². The molecule has 2 heterocycles. The molecule has 1 aliphatic heterocycles. The number of benzene rings is 1. The molecule has 8 nitrogen and oxygen atoms in total. The van der Waals surface area contributed by atoms with Crippen LogP contribution in [0.3, 0.4) is 0 Å². The van der Waals surface area contributed by atoms with Crippen molar-refractivity contribution < 1.29 is 14.0 Å². The monoisotopic (exact) mass is 561 g/mol. The molecule has 2 aromatic rings. The third-order valence-corrected chi connectivity index (χ3v) is 12.3. The molecule has 1 amide bonds. The summed E-state index contributed by atoms with van der Waals surface area (Å²) in [5, 5.41) is 17.4. The maximum Gasteiger partial charge on any atom is 0.254 e. The zero-order chi connectivity index (χ0) is 26.2. The Balaban J connectivity index is 1.88. The minimum atomic E-state index is -2.00. The molecule has 0 unspecified atom stereocenters. The van der Waals surface area contributed by atoms with Gasteiger partial charge in [-0.15, -0.1) is 0 Å². The van der Waals surface area contributed by atoms with Crippen molar-refractivity contribution in [3.8, 4) is 6.07 Å². The van der Waals surface area contributed by atoms with Gasteiger partial charge in [-0.25, -0.2) is 0 Å². The lowest BCUT2D eigenvalue weighted by atomic mass is 9.97. The smallest absolute Gasteiger partial charge is 0.254 e. The Morgan fingerprint density at radius 2 is 2.03 bits per heavy atom. The minimum absolute atomic E-state index is 0.0934. The van der Waals surface area contributed by atoms with Crippen LogP contribution in [-0.4, -0.2) is 37.2 Å². The number of rotatable bonds is 7. The van der Waals surface area contributed by atoms with Crippen LogP contribution in [0.5, 0.6) is 0 Å². The molecule has 1 saturated heterocycles. The average molecular weight is 563 g/mol. The van der Waals surface area contributed by atoms with Crippen LogP contribution in [0.15, 0.2) is 28.9 Å². The zero-order valence-corrected chi connectivity index (χ0v) is 24.2. The van der Waals surface area contributed by atoms with Gasteiger partial charge in [0, 0.05) is 23.0 Å². The Labute approximate surface area is 217 Å². The lowest BCUT2D eigenvalue weighted by Gasteiger charge is -2.43. The molecule has 1 aromatic heterocycles. The fourth-order valence-electron chi connectivity index (χ4n) is 4.03. The summed E-state index contributed by atoms with van der Waals surface area (Å²) in [5.74, 6) is -0.492. The predicted molar refractivity (Wildman–Crippen MR) is 143 cm³/mol. The number of aromatic nitrogens is 2. The van der Waals surface area contributed by atoms with Crippen LogP contribution in [0.4, 0.5) is 11.5 Å². The third-order valence-electron chi connectivity index (χ3n) is 7.03. The van der Waals surface area contributed by atoms with Crippen molar-refractivity contribution in [2.45, 2.75) is 70.8 Å². The number of halogens is 1. The standard InChI is InChI=1S/C25H36BrN5O3Si/c1-24(2,3)35(6,7)34-25(4,5)19-9-8-17(12-20(19)26)29-23-18(22(28)32)14-31(30-23)21-15-33-11-10-16(21)13-27/h8-9,12,14,16,21H,10-11,15H2,1-7H3,(H2,28,32)(H,29,30)/t16-,21+/m0/s1. The molecule has 0 radical (unpaired) electrons. The second kappa shape index (κ2) is 10.0. The number of hydrogen-bond donors (Lipinski definition) is 2. The summed E-state index contributed by atoms with van der Waals surface area (Å²) in [6.07, 6.45) is 2.21. The number of primary amides is 1.